The third kappa shape index (κ3) is 4.98. The number of hydrogen-bond donors (Lipinski definition) is 1. The molecule has 0 fully saturated rings. The van der Waals surface area contributed by atoms with Crippen LogP contribution in [0.3, 0.4) is 0 Å². The minimum atomic E-state index is -3.49. The summed E-state index contributed by atoms with van der Waals surface area (Å²) in [4.78, 5) is 0.230. The summed E-state index contributed by atoms with van der Waals surface area (Å²) in [6.07, 6.45) is 0. The Kier molecular flexibility index (Phi) is 6.65. The Morgan fingerprint density at radius 2 is 2.16 bits per heavy atom. The van der Waals surface area contributed by atoms with E-state index in [0.29, 0.717) is 10.2 Å². The molecule has 1 aromatic carbocycles. The number of halogens is 1. The van der Waals surface area contributed by atoms with E-state index in [0.717, 1.165) is 11.5 Å². The molecule has 0 heterocycles. The van der Waals surface area contributed by atoms with Gasteiger partial charge in [-0.25, -0.2) is 13.1 Å². The van der Waals surface area contributed by atoms with E-state index in [9.17, 15) is 8.42 Å². The third-order valence-electron chi connectivity index (χ3n) is 2.36. The number of rotatable bonds is 7. The summed E-state index contributed by atoms with van der Waals surface area (Å²) in [5.74, 6) is 2.33. The van der Waals surface area contributed by atoms with Crippen LogP contribution in [-0.2, 0) is 10.0 Å². The summed E-state index contributed by atoms with van der Waals surface area (Å²) in [6.45, 7) is 3.91. The molecular weight excluding hydrogens is 350 g/mol. The predicted molar refractivity (Wildman–Crippen MR) is 83.5 cm³/mol. The lowest BCUT2D eigenvalue weighted by atomic mass is 10.3. The van der Waals surface area contributed by atoms with Gasteiger partial charge in [0, 0.05) is 11.8 Å². The van der Waals surface area contributed by atoms with Gasteiger partial charge < -0.3 is 4.74 Å². The molecule has 7 heteroatoms. The maximum atomic E-state index is 12.2. The van der Waals surface area contributed by atoms with Gasteiger partial charge in [-0.15, -0.1) is 0 Å². The number of nitrogens with one attached hydrogen (secondary N) is 1. The molecule has 19 heavy (non-hydrogen) atoms. The van der Waals surface area contributed by atoms with Crippen molar-refractivity contribution in [3.8, 4) is 5.75 Å². The van der Waals surface area contributed by atoms with Crippen LogP contribution >= 0.6 is 27.7 Å². The van der Waals surface area contributed by atoms with E-state index >= 15 is 0 Å². The first-order chi connectivity index (χ1) is 8.90. The molecule has 1 N–H and O–H groups in total. The molecule has 0 bridgehead atoms. The predicted octanol–water partition coefficient (Wildman–Crippen LogP) is 2.88. The number of benzene rings is 1. The Morgan fingerprint density at radius 3 is 2.68 bits per heavy atom. The van der Waals surface area contributed by atoms with E-state index in [2.05, 4.69) is 20.7 Å². The number of hydrogen-bond acceptors (Lipinski definition) is 4. The average Bonchev–Trinajstić information content (AvgIpc) is 2.35. The maximum Gasteiger partial charge on any atom is 0.240 e. The van der Waals surface area contributed by atoms with Crippen LogP contribution in [0.25, 0.3) is 0 Å². The lowest BCUT2D eigenvalue weighted by Gasteiger charge is -2.14. The van der Waals surface area contributed by atoms with Crippen molar-refractivity contribution < 1.29 is 13.2 Å². The van der Waals surface area contributed by atoms with Crippen molar-refractivity contribution in [3.05, 3.63) is 22.7 Å². The molecule has 0 saturated heterocycles. The summed E-state index contributed by atoms with van der Waals surface area (Å²) in [5, 5.41) is 0. The third-order valence-corrected chi connectivity index (χ3v) is 5.71. The van der Waals surface area contributed by atoms with E-state index in [1.54, 1.807) is 23.9 Å². The first-order valence-corrected chi connectivity index (χ1v) is 9.27. The summed E-state index contributed by atoms with van der Waals surface area (Å²) in [7, 11) is -1.95. The van der Waals surface area contributed by atoms with Crippen LogP contribution in [-0.4, -0.2) is 33.1 Å². The molecule has 0 aliphatic rings. The van der Waals surface area contributed by atoms with Gasteiger partial charge in [-0.05, 0) is 46.8 Å². The van der Waals surface area contributed by atoms with E-state index in [-0.39, 0.29) is 10.9 Å². The molecule has 0 aliphatic heterocycles. The Morgan fingerprint density at radius 1 is 1.47 bits per heavy atom. The van der Waals surface area contributed by atoms with Gasteiger partial charge in [0.05, 0.1) is 16.5 Å². The molecule has 0 aliphatic carbocycles. The Bertz CT molecular complexity index is 520. The van der Waals surface area contributed by atoms with E-state index < -0.39 is 10.0 Å². The summed E-state index contributed by atoms with van der Waals surface area (Å²) < 4.78 is 32.7. The van der Waals surface area contributed by atoms with Crippen molar-refractivity contribution in [2.45, 2.75) is 24.8 Å². The average molecular weight is 368 g/mol. The molecule has 4 nitrogen and oxygen atoms in total. The number of ether oxygens (including phenoxy) is 1. The van der Waals surface area contributed by atoms with Crippen LogP contribution in [0.4, 0.5) is 0 Å². The molecular formula is C12H18BrNO3S2. The Labute approximate surface area is 127 Å². The van der Waals surface area contributed by atoms with Crippen LogP contribution in [0.2, 0.25) is 0 Å². The smallest absolute Gasteiger partial charge is 0.240 e. The molecule has 1 aromatic rings. The first kappa shape index (κ1) is 16.8. The second-order valence-corrected chi connectivity index (χ2v) is 7.87. The Hall–Kier alpha value is -0.240. The topological polar surface area (TPSA) is 55.4 Å². The van der Waals surface area contributed by atoms with Gasteiger partial charge >= 0.3 is 0 Å². The molecule has 0 radical (unpaired) electrons. The zero-order valence-electron chi connectivity index (χ0n) is 11.1. The van der Waals surface area contributed by atoms with Crippen LogP contribution in [0.5, 0.6) is 5.75 Å². The lowest BCUT2D eigenvalue weighted by molar-refractivity contribution is 0.411. The largest absolute Gasteiger partial charge is 0.496 e. The monoisotopic (exact) mass is 367 g/mol. The summed E-state index contributed by atoms with van der Waals surface area (Å²) in [6, 6.07) is 4.60. The normalized spacial score (nSPS) is 13.3. The second kappa shape index (κ2) is 7.52. The highest BCUT2D eigenvalue weighted by atomic mass is 79.9. The number of sulfonamides is 1. The van der Waals surface area contributed by atoms with Crippen molar-refractivity contribution in [2.24, 2.45) is 0 Å². The zero-order valence-corrected chi connectivity index (χ0v) is 14.4. The molecule has 0 saturated carbocycles. The fourth-order valence-corrected chi connectivity index (χ4v) is 4.22. The van der Waals surface area contributed by atoms with Crippen LogP contribution in [0.15, 0.2) is 27.6 Å². The standard InChI is InChI=1S/C12H18BrNO3S2/c1-4-18-8-9(2)14-19(15,16)10-5-6-12(17-3)11(13)7-10/h5-7,9,14H,4,8H2,1-3H3. The highest BCUT2D eigenvalue weighted by Crippen LogP contribution is 2.27. The maximum absolute atomic E-state index is 12.2. The van der Waals surface area contributed by atoms with Crippen molar-refractivity contribution in [3.63, 3.8) is 0 Å². The van der Waals surface area contributed by atoms with Gasteiger partial charge in [-0.3, -0.25) is 0 Å². The van der Waals surface area contributed by atoms with E-state index in [4.69, 9.17) is 4.74 Å². The first-order valence-electron chi connectivity index (χ1n) is 5.84. The van der Waals surface area contributed by atoms with Gasteiger partial charge in [0.15, 0.2) is 0 Å². The summed E-state index contributed by atoms with van der Waals surface area (Å²) >= 11 is 4.99. The minimum absolute atomic E-state index is 0.101. The number of thioether (sulfide) groups is 1. The molecule has 1 atom stereocenters. The second-order valence-electron chi connectivity index (χ2n) is 3.98. The SMILES string of the molecule is CCSCC(C)NS(=O)(=O)c1ccc(OC)c(Br)c1. The van der Waals surface area contributed by atoms with Crippen molar-refractivity contribution >= 4 is 37.7 Å². The van der Waals surface area contributed by atoms with Crippen LogP contribution in [0.1, 0.15) is 13.8 Å². The molecule has 0 aromatic heterocycles. The molecule has 1 rings (SSSR count). The molecule has 0 amide bonds. The van der Waals surface area contributed by atoms with Crippen LogP contribution in [0, 0.1) is 0 Å². The molecule has 1 unspecified atom stereocenters. The van der Waals surface area contributed by atoms with Gasteiger partial charge in [-0.1, -0.05) is 6.92 Å². The van der Waals surface area contributed by atoms with E-state index in [1.807, 2.05) is 13.8 Å². The Balaban J connectivity index is 2.85. The molecule has 0 spiro atoms. The highest BCUT2D eigenvalue weighted by Gasteiger charge is 2.18. The van der Waals surface area contributed by atoms with E-state index in [1.165, 1.54) is 13.2 Å². The summed E-state index contributed by atoms with van der Waals surface area (Å²) in [5.41, 5.74) is 0. The van der Waals surface area contributed by atoms with Gasteiger partial charge in [0.2, 0.25) is 10.0 Å². The van der Waals surface area contributed by atoms with Crippen LogP contribution < -0.4 is 9.46 Å². The fourth-order valence-electron chi connectivity index (χ4n) is 1.48. The highest BCUT2D eigenvalue weighted by molar-refractivity contribution is 9.10. The number of methoxy groups -OCH3 is 1. The lowest BCUT2D eigenvalue weighted by Crippen LogP contribution is -2.34. The molecule has 108 valence electrons. The van der Waals surface area contributed by atoms with Gasteiger partial charge in [0.1, 0.15) is 5.75 Å². The zero-order chi connectivity index (χ0) is 14.5. The fraction of sp³-hybridized carbons (Fsp3) is 0.500. The van der Waals surface area contributed by atoms with Crippen molar-refractivity contribution in [1.29, 1.82) is 0 Å². The van der Waals surface area contributed by atoms with Gasteiger partial charge in [0.25, 0.3) is 0 Å². The van der Waals surface area contributed by atoms with Crippen molar-refractivity contribution in [1.82, 2.24) is 4.72 Å². The quantitative estimate of drug-likeness (QED) is 0.804. The minimum Gasteiger partial charge on any atom is -0.496 e. The van der Waals surface area contributed by atoms with Crippen molar-refractivity contribution in [2.75, 3.05) is 18.6 Å². The van der Waals surface area contributed by atoms with Gasteiger partial charge in [-0.2, -0.15) is 11.8 Å².